The molecule has 2 atom stereocenters. The van der Waals surface area contributed by atoms with E-state index in [1.165, 1.54) is 11.1 Å². The number of rotatable bonds is 8. The Bertz CT molecular complexity index is 1010. The molecular weight excluding hydrogens is 396 g/mol. The molecule has 2 unspecified atom stereocenters. The van der Waals surface area contributed by atoms with E-state index in [9.17, 15) is 4.79 Å². The molecule has 1 aliphatic rings. The molecule has 1 saturated heterocycles. The van der Waals surface area contributed by atoms with Crippen LogP contribution in [0.4, 0.5) is 0 Å². The third-order valence-corrected chi connectivity index (χ3v) is 6.42. The first-order valence-corrected chi connectivity index (χ1v) is 11.3. The van der Waals surface area contributed by atoms with E-state index in [4.69, 9.17) is 4.74 Å². The van der Waals surface area contributed by atoms with Crippen molar-refractivity contribution in [2.24, 2.45) is 5.92 Å². The Morgan fingerprint density at radius 1 is 0.906 bits per heavy atom. The van der Waals surface area contributed by atoms with Crippen molar-refractivity contribution in [3.05, 3.63) is 102 Å². The highest BCUT2D eigenvalue weighted by molar-refractivity contribution is 5.73. The summed E-state index contributed by atoms with van der Waals surface area (Å²) >= 11 is 0. The Morgan fingerprint density at radius 3 is 2.19 bits per heavy atom. The summed E-state index contributed by atoms with van der Waals surface area (Å²) in [6.45, 7) is 5.88. The van der Waals surface area contributed by atoms with Gasteiger partial charge in [-0.05, 0) is 28.7 Å². The third-order valence-electron chi connectivity index (χ3n) is 6.42. The van der Waals surface area contributed by atoms with Gasteiger partial charge in [0.2, 0.25) is 5.91 Å². The number of nitrogens with zero attached hydrogens (tertiary/aromatic N) is 2. The van der Waals surface area contributed by atoms with Gasteiger partial charge in [0, 0.05) is 45.6 Å². The Balaban J connectivity index is 1.57. The maximum absolute atomic E-state index is 12.6. The molecule has 0 saturated carbocycles. The van der Waals surface area contributed by atoms with Crippen LogP contribution in [0.2, 0.25) is 0 Å². The van der Waals surface area contributed by atoms with Crippen LogP contribution in [-0.4, -0.2) is 42.5 Å². The quantitative estimate of drug-likeness (QED) is 0.508. The van der Waals surface area contributed by atoms with Gasteiger partial charge in [-0.1, -0.05) is 78.9 Å². The van der Waals surface area contributed by atoms with Gasteiger partial charge in [0.15, 0.2) is 0 Å². The molecule has 0 aromatic heterocycles. The molecule has 4 nitrogen and oxygen atoms in total. The van der Waals surface area contributed by atoms with Crippen LogP contribution < -0.4 is 4.74 Å². The lowest BCUT2D eigenvalue weighted by Gasteiger charge is -2.28. The Hall–Kier alpha value is -3.11. The van der Waals surface area contributed by atoms with Gasteiger partial charge >= 0.3 is 0 Å². The molecule has 1 fully saturated rings. The van der Waals surface area contributed by atoms with Gasteiger partial charge in [0.05, 0.1) is 7.11 Å². The lowest BCUT2D eigenvalue weighted by Crippen LogP contribution is -2.35. The zero-order valence-electron chi connectivity index (χ0n) is 19.0. The lowest BCUT2D eigenvalue weighted by atomic mass is 9.87. The number of para-hydroxylation sites is 1. The maximum atomic E-state index is 12.6. The molecule has 4 rings (SSSR count). The van der Waals surface area contributed by atoms with Gasteiger partial charge in [0.1, 0.15) is 5.75 Å². The molecule has 1 heterocycles. The monoisotopic (exact) mass is 428 g/mol. The highest BCUT2D eigenvalue weighted by Gasteiger charge is 2.36. The van der Waals surface area contributed by atoms with Crippen LogP contribution in [0.25, 0.3) is 0 Å². The number of likely N-dealkylation sites (tertiary alicyclic amines) is 1. The average molecular weight is 429 g/mol. The molecule has 0 bridgehead atoms. The van der Waals surface area contributed by atoms with Gasteiger partial charge < -0.3 is 9.64 Å². The largest absolute Gasteiger partial charge is 0.496 e. The second-order valence-corrected chi connectivity index (χ2v) is 8.67. The zero-order chi connectivity index (χ0) is 22.3. The minimum Gasteiger partial charge on any atom is -0.496 e. The number of benzene rings is 3. The number of methoxy groups -OCH3 is 1. The first-order valence-electron chi connectivity index (χ1n) is 11.3. The van der Waals surface area contributed by atoms with Gasteiger partial charge in [-0.15, -0.1) is 0 Å². The van der Waals surface area contributed by atoms with E-state index in [1.54, 1.807) is 14.0 Å². The van der Waals surface area contributed by atoms with Crippen molar-refractivity contribution in [3.63, 3.8) is 0 Å². The van der Waals surface area contributed by atoms with Crippen LogP contribution in [0.5, 0.6) is 5.75 Å². The second kappa shape index (κ2) is 10.5. The molecule has 166 valence electrons. The summed E-state index contributed by atoms with van der Waals surface area (Å²) < 4.78 is 5.71. The van der Waals surface area contributed by atoms with Gasteiger partial charge in [-0.25, -0.2) is 0 Å². The summed E-state index contributed by atoms with van der Waals surface area (Å²) in [5.41, 5.74) is 3.72. The van der Waals surface area contributed by atoms with Gasteiger partial charge in [0.25, 0.3) is 0 Å². The lowest BCUT2D eigenvalue weighted by molar-refractivity contribution is -0.130. The molecule has 4 heteroatoms. The molecule has 1 amide bonds. The van der Waals surface area contributed by atoms with Crippen LogP contribution in [0.3, 0.4) is 0 Å². The van der Waals surface area contributed by atoms with Gasteiger partial charge in [-0.2, -0.15) is 0 Å². The topological polar surface area (TPSA) is 32.8 Å². The Kier molecular flexibility index (Phi) is 7.23. The predicted molar refractivity (Wildman–Crippen MR) is 128 cm³/mol. The van der Waals surface area contributed by atoms with Crippen molar-refractivity contribution in [1.82, 2.24) is 9.80 Å². The number of ether oxygens (including phenoxy) is 1. The summed E-state index contributed by atoms with van der Waals surface area (Å²) in [5, 5.41) is 0. The number of carbonyl (C=O) groups is 1. The average Bonchev–Trinajstić information content (AvgIpc) is 3.21. The number of hydrogen-bond donors (Lipinski definition) is 0. The van der Waals surface area contributed by atoms with E-state index in [0.717, 1.165) is 37.5 Å². The predicted octanol–water partition coefficient (Wildman–Crippen LogP) is 4.96. The molecule has 3 aromatic carbocycles. The first-order chi connectivity index (χ1) is 15.6. The fraction of sp³-hybridized carbons (Fsp3) is 0.321. The normalized spacial score (nSPS) is 18.4. The SMILES string of the molecule is COc1ccccc1C1CN(Cc2ccccc2)CC1CN(Cc1ccccc1)C(C)=O. The summed E-state index contributed by atoms with van der Waals surface area (Å²) in [5.74, 6) is 1.70. The third kappa shape index (κ3) is 5.38. The molecule has 3 aromatic rings. The molecule has 0 aliphatic carbocycles. The summed E-state index contributed by atoms with van der Waals surface area (Å²) in [4.78, 5) is 17.1. The maximum Gasteiger partial charge on any atom is 0.219 e. The molecular formula is C28H32N2O2. The van der Waals surface area contributed by atoms with Gasteiger partial charge in [-0.3, -0.25) is 9.69 Å². The Labute approximate surface area is 191 Å². The standard InChI is InChI=1S/C28H32N2O2/c1-22(31)30(18-24-13-7-4-8-14-24)20-25-19-29(17-23-11-5-3-6-12-23)21-27(25)26-15-9-10-16-28(26)32-2/h3-16,25,27H,17-21H2,1-2H3. The molecule has 0 radical (unpaired) electrons. The van der Waals surface area contributed by atoms with Crippen molar-refractivity contribution in [1.29, 1.82) is 0 Å². The highest BCUT2D eigenvalue weighted by Crippen LogP contribution is 2.38. The first kappa shape index (κ1) is 22.1. The summed E-state index contributed by atoms with van der Waals surface area (Å²) in [7, 11) is 1.74. The molecule has 0 N–H and O–H groups in total. The number of carbonyl (C=O) groups excluding carboxylic acids is 1. The van der Waals surface area contributed by atoms with Crippen LogP contribution in [0.1, 0.15) is 29.5 Å². The number of hydrogen-bond acceptors (Lipinski definition) is 3. The van der Waals surface area contributed by atoms with Crippen molar-refractivity contribution in [3.8, 4) is 5.75 Å². The van der Waals surface area contributed by atoms with E-state index in [1.807, 2.05) is 35.2 Å². The van der Waals surface area contributed by atoms with E-state index in [0.29, 0.717) is 18.4 Å². The minimum atomic E-state index is 0.120. The molecule has 1 aliphatic heterocycles. The van der Waals surface area contributed by atoms with Crippen molar-refractivity contribution in [2.45, 2.75) is 25.9 Å². The van der Waals surface area contributed by atoms with E-state index < -0.39 is 0 Å². The second-order valence-electron chi connectivity index (χ2n) is 8.67. The van der Waals surface area contributed by atoms with Crippen molar-refractivity contribution < 1.29 is 9.53 Å². The van der Waals surface area contributed by atoms with E-state index >= 15 is 0 Å². The van der Waals surface area contributed by atoms with Crippen LogP contribution in [0.15, 0.2) is 84.9 Å². The smallest absolute Gasteiger partial charge is 0.219 e. The van der Waals surface area contributed by atoms with Crippen molar-refractivity contribution >= 4 is 5.91 Å². The number of amides is 1. The van der Waals surface area contributed by atoms with E-state index in [2.05, 4.69) is 59.5 Å². The molecule has 0 spiro atoms. The minimum absolute atomic E-state index is 0.120. The highest BCUT2D eigenvalue weighted by atomic mass is 16.5. The van der Waals surface area contributed by atoms with Crippen LogP contribution in [-0.2, 0) is 17.9 Å². The summed E-state index contributed by atoms with van der Waals surface area (Å²) in [6.07, 6.45) is 0. The van der Waals surface area contributed by atoms with Crippen LogP contribution >= 0.6 is 0 Å². The fourth-order valence-electron chi connectivity index (χ4n) is 4.83. The molecule has 32 heavy (non-hydrogen) atoms. The zero-order valence-corrected chi connectivity index (χ0v) is 19.0. The van der Waals surface area contributed by atoms with Crippen LogP contribution in [0, 0.1) is 5.92 Å². The summed E-state index contributed by atoms with van der Waals surface area (Å²) in [6, 6.07) is 29.2. The Morgan fingerprint density at radius 2 is 1.53 bits per heavy atom. The fourth-order valence-corrected chi connectivity index (χ4v) is 4.83. The van der Waals surface area contributed by atoms with Crippen molar-refractivity contribution in [2.75, 3.05) is 26.7 Å². The van der Waals surface area contributed by atoms with E-state index in [-0.39, 0.29) is 5.91 Å².